The first-order chi connectivity index (χ1) is 13.1. The molecule has 0 bridgehead atoms. The number of fused-ring (bicyclic) bond motifs is 1. The summed E-state index contributed by atoms with van der Waals surface area (Å²) < 4.78 is 1.84. The second kappa shape index (κ2) is 7.59. The Kier molecular flexibility index (Phi) is 5.02. The highest BCUT2D eigenvalue weighted by Crippen LogP contribution is 2.25. The summed E-state index contributed by atoms with van der Waals surface area (Å²) in [6.07, 6.45) is 7.44. The lowest BCUT2D eigenvalue weighted by Gasteiger charge is -2.33. The van der Waals surface area contributed by atoms with E-state index in [0.717, 1.165) is 42.0 Å². The van der Waals surface area contributed by atoms with Crippen molar-refractivity contribution in [1.82, 2.24) is 24.5 Å². The second-order valence-corrected chi connectivity index (χ2v) is 7.15. The summed E-state index contributed by atoms with van der Waals surface area (Å²) in [6, 6.07) is 5.96. The first-order valence-corrected chi connectivity index (χ1v) is 9.25. The molecule has 1 aliphatic heterocycles. The van der Waals surface area contributed by atoms with Gasteiger partial charge in [0.15, 0.2) is 5.82 Å². The monoisotopic (exact) mass is 367 g/mol. The van der Waals surface area contributed by atoms with E-state index in [9.17, 15) is 5.11 Å². The molecule has 3 aromatic rings. The van der Waals surface area contributed by atoms with Gasteiger partial charge in [-0.3, -0.25) is 9.88 Å². The highest BCUT2D eigenvalue weighted by molar-refractivity contribution is 5.72. The van der Waals surface area contributed by atoms with Gasteiger partial charge in [0, 0.05) is 44.3 Å². The van der Waals surface area contributed by atoms with Gasteiger partial charge in [-0.05, 0) is 36.6 Å². The highest BCUT2D eigenvalue weighted by Gasteiger charge is 2.25. The van der Waals surface area contributed by atoms with Crippen molar-refractivity contribution >= 4 is 11.3 Å². The van der Waals surface area contributed by atoms with Crippen LogP contribution >= 0.6 is 0 Å². The van der Waals surface area contributed by atoms with Crippen LogP contribution in [-0.4, -0.2) is 54.8 Å². The van der Waals surface area contributed by atoms with Crippen LogP contribution in [-0.2, 0) is 6.54 Å². The lowest BCUT2D eigenvalue weighted by Crippen LogP contribution is -2.50. The largest absolute Gasteiger partial charge is 0.390 e. The van der Waals surface area contributed by atoms with Crippen molar-refractivity contribution in [3.63, 3.8) is 0 Å². The molecule has 27 heavy (non-hydrogen) atoms. The van der Waals surface area contributed by atoms with Crippen molar-refractivity contribution in [1.29, 1.82) is 0 Å². The molecule has 142 valence electrons. The van der Waals surface area contributed by atoms with E-state index in [4.69, 9.17) is 5.73 Å². The lowest BCUT2D eigenvalue weighted by atomic mass is 10.0. The van der Waals surface area contributed by atoms with Crippen LogP contribution in [0.25, 0.3) is 5.52 Å². The number of rotatable bonds is 5. The minimum Gasteiger partial charge on any atom is -0.390 e. The minimum absolute atomic E-state index is 0.0648. The minimum atomic E-state index is -0.480. The number of piperidine rings is 1. The fourth-order valence-electron chi connectivity index (χ4n) is 3.57. The van der Waals surface area contributed by atoms with Crippen molar-refractivity contribution < 1.29 is 5.11 Å². The number of β-amino-alcohol motifs (C(OH)–C–C–N with tert-alkyl or cyclic N) is 1. The maximum Gasteiger partial charge on any atom is 0.154 e. The number of hydrogen-bond acceptors (Lipinski definition) is 7. The molecule has 4 rings (SSSR count). The Balaban J connectivity index is 1.58. The number of aliphatic hydroxyl groups excluding tert-OH is 1. The summed E-state index contributed by atoms with van der Waals surface area (Å²) in [5.41, 5.74) is 9.10. The van der Waals surface area contributed by atoms with Crippen LogP contribution in [0.1, 0.15) is 30.5 Å². The summed E-state index contributed by atoms with van der Waals surface area (Å²) in [5.74, 6) is 0.788. The molecule has 0 unspecified atom stereocenters. The SMILES string of the molecule is C[C@@H](Nc1ncnn2ccc(CN3CC[C@@H](N)[C@H](O)C3)c12)c1cccnc1. The van der Waals surface area contributed by atoms with Crippen LogP contribution < -0.4 is 11.1 Å². The van der Waals surface area contributed by atoms with E-state index in [1.165, 1.54) is 0 Å². The molecule has 1 aliphatic rings. The summed E-state index contributed by atoms with van der Waals surface area (Å²) in [6.45, 7) is 4.27. The molecule has 1 saturated heterocycles. The van der Waals surface area contributed by atoms with Gasteiger partial charge in [0.1, 0.15) is 11.8 Å². The summed E-state index contributed by atoms with van der Waals surface area (Å²) in [4.78, 5) is 10.9. The Morgan fingerprint density at radius 2 is 2.30 bits per heavy atom. The Bertz CT molecular complexity index is 897. The molecule has 0 aromatic carbocycles. The molecule has 0 spiro atoms. The summed E-state index contributed by atoms with van der Waals surface area (Å²) >= 11 is 0. The molecule has 1 fully saturated rings. The van der Waals surface area contributed by atoms with Crippen LogP contribution in [0.4, 0.5) is 5.82 Å². The smallest absolute Gasteiger partial charge is 0.154 e. The number of nitrogens with zero attached hydrogens (tertiary/aromatic N) is 5. The quantitative estimate of drug-likeness (QED) is 0.622. The molecule has 8 heteroatoms. The van der Waals surface area contributed by atoms with Crippen LogP contribution in [0.3, 0.4) is 0 Å². The zero-order valence-electron chi connectivity index (χ0n) is 15.4. The topological polar surface area (TPSA) is 105 Å². The number of aliphatic hydroxyl groups is 1. The van der Waals surface area contributed by atoms with Gasteiger partial charge in [0.05, 0.1) is 12.1 Å². The normalized spacial score (nSPS) is 22.0. The fraction of sp³-hybridized carbons (Fsp3) is 0.421. The summed E-state index contributed by atoms with van der Waals surface area (Å²) in [5, 5.41) is 17.9. The number of anilines is 1. The predicted molar refractivity (Wildman–Crippen MR) is 103 cm³/mol. The van der Waals surface area contributed by atoms with E-state index in [1.54, 1.807) is 12.5 Å². The highest BCUT2D eigenvalue weighted by atomic mass is 16.3. The first-order valence-electron chi connectivity index (χ1n) is 9.25. The van der Waals surface area contributed by atoms with E-state index in [1.807, 2.05) is 29.0 Å². The van der Waals surface area contributed by atoms with Crippen molar-refractivity contribution in [2.45, 2.75) is 38.1 Å². The van der Waals surface area contributed by atoms with Crippen molar-refractivity contribution in [3.8, 4) is 0 Å². The van der Waals surface area contributed by atoms with E-state index in [-0.39, 0.29) is 12.1 Å². The zero-order valence-corrected chi connectivity index (χ0v) is 15.4. The zero-order chi connectivity index (χ0) is 18.8. The van der Waals surface area contributed by atoms with Gasteiger partial charge in [-0.25, -0.2) is 9.50 Å². The molecule has 3 atom stereocenters. The van der Waals surface area contributed by atoms with Crippen molar-refractivity contribution in [2.24, 2.45) is 5.73 Å². The molecule has 0 amide bonds. The number of aromatic nitrogens is 4. The van der Waals surface area contributed by atoms with Gasteiger partial charge < -0.3 is 16.2 Å². The number of pyridine rings is 1. The molecular formula is C19H25N7O. The molecule has 0 radical (unpaired) electrons. The third-order valence-corrected chi connectivity index (χ3v) is 5.19. The van der Waals surface area contributed by atoms with Gasteiger partial charge in [0.25, 0.3) is 0 Å². The van der Waals surface area contributed by atoms with Crippen LogP contribution in [0.5, 0.6) is 0 Å². The van der Waals surface area contributed by atoms with E-state index in [0.29, 0.717) is 6.54 Å². The van der Waals surface area contributed by atoms with Gasteiger partial charge in [-0.2, -0.15) is 5.10 Å². The molecule has 0 aliphatic carbocycles. The van der Waals surface area contributed by atoms with Crippen LogP contribution in [0, 0.1) is 0 Å². The molecule has 4 heterocycles. The van der Waals surface area contributed by atoms with Gasteiger partial charge >= 0.3 is 0 Å². The molecule has 3 aromatic heterocycles. The second-order valence-electron chi connectivity index (χ2n) is 7.15. The number of hydrogen-bond donors (Lipinski definition) is 3. The standard InChI is InChI=1S/C19H25N7O/c1-13(14-3-2-6-21-9-14)24-19-18-15(4-8-26(18)23-12-22-19)10-25-7-5-16(20)17(27)11-25/h2-4,6,8-9,12-13,16-17,27H,5,7,10-11,20H2,1H3,(H,22,23,24)/t13-,16-,17-/m1/s1. The van der Waals surface area contributed by atoms with Crippen molar-refractivity contribution in [2.75, 3.05) is 18.4 Å². The number of nitrogens with two attached hydrogens (primary N) is 1. The average Bonchev–Trinajstić information content (AvgIpc) is 3.09. The molecule has 4 N–H and O–H groups in total. The Morgan fingerprint density at radius 3 is 3.07 bits per heavy atom. The number of nitrogens with one attached hydrogen (secondary N) is 1. The molecular weight excluding hydrogens is 342 g/mol. The predicted octanol–water partition coefficient (Wildman–Crippen LogP) is 1.19. The average molecular weight is 367 g/mol. The first kappa shape index (κ1) is 17.8. The van der Waals surface area contributed by atoms with Gasteiger partial charge in [0.2, 0.25) is 0 Å². The molecule has 0 saturated carbocycles. The third kappa shape index (κ3) is 3.78. The van der Waals surface area contributed by atoms with E-state index < -0.39 is 6.10 Å². The van der Waals surface area contributed by atoms with E-state index >= 15 is 0 Å². The Morgan fingerprint density at radius 1 is 1.41 bits per heavy atom. The Hall–Kier alpha value is -2.55. The summed E-state index contributed by atoms with van der Waals surface area (Å²) in [7, 11) is 0. The van der Waals surface area contributed by atoms with E-state index in [2.05, 4.69) is 38.3 Å². The molecule has 8 nitrogen and oxygen atoms in total. The van der Waals surface area contributed by atoms with Gasteiger partial charge in [-0.15, -0.1) is 0 Å². The maximum atomic E-state index is 10.1. The maximum absolute atomic E-state index is 10.1. The van der Waals surface area contributed by atoms with Crippen molar-refractivity contribution in [3.05, 3.63) is 54.2 Å². The Labute approximate surface area is 158 Å². The van der Waals surface area contributed by atoms with Crippen LogP contribution in [0.15, 0.2) is 43.1 Å². The third-order valence-electron chi connectivity index (χ3n) is 5.19. The fourth-order valence-corrected chi connectivity index (χ4v) is 3.57. The number of likely N-dealkylation sites (tertiary alicyclic amines) is 1. The van der Waals surface area contributed by atoms with Gasteiger partial charge in [-0.1, -0.05) is 6.07 Å². The van der Waals surface area contributed by atoms with Crippen LogP contribution in [0.2, 0.25) is 0 Å². The lowest BCUT2D eigenvalue weighted by molar-refractivity contribution is 0.0501.